The van der Waals surface area contributed by atoms with E-state index < -0.39 is 57.9 Å². The minimum atomic E-state index is -1.05. The number of hydrogen-bond donors (Lipinski definition) is 1. The Kier molecular flexibility index (Phi) is 38.1. The fourth-order valence-electron chi connectivity index (χ4n) is 16.6. The molecule has 19 rings (SSSR count). The minimum absolute atomic E-state index is 0. The number of fused-ring (bicyclic) bond motifs is 3. The Hall–Kier alpha value is -12.5. The molecule has 0 saturated carbocycles. The maximum Gasteiger partial charge on any atom is 2.00 e. The topological polar surface area (TPSA) is 188 Å². The van der Waals surface area contributed by atoms with Crippen LogP contribution in [0.3, 0.4) is 0 Å². The standard InChI is InChI=1S/C33H28N2O2.C30H24F4N6.C28H24F4N2S.C28H29N3O.4Pt/c1-5-21(2)23-18-19-25(30-24-14-9-10-16-27(24)37-31(23)30)32-35-29(20-36-32)33(3,4)28-17-11-15-26(34-28)22-12-7-6-8-13-22;1-30(2,3)16-18-14-22(20-10-12-23(31)36-27(20)33)35-25(15-18)40(19-8-6-5-7-9-19)26-17-39(4)29(38-26)21-11-13-24(32)37-28(21)34;1-27(2,3)15-23-25(34-26(35-23)19-12-10-17(30)14-21(19)32)28(4,5)24-8-6-7-22(33-24)18-11-9-16(29)13-20(18)31;1-5-19(3)21-10-7-12-23(16-21)25-14-9-15-26(30-25)32-27-18-29-28(31-27)24-13-8-11-22(17-24)20(4)6-2;;;;/h6-12,14-18,20-21H,5H2,1-4H3;5-9,12-15,17H,16H2,1-4H3;6-10,13-14H,15H2,1-5H3;7-11,14-20H,5-6H2,1-4H3,(H,29,31);;;;/q4*-2;4*+2. The number of pyridine rings is 6. The summed E-state index contributed by atoms with van der Waals surface area (Å²) in [6.45, 7) is 33.9. The average molecular weight is 2730 g/mol. The Morgan fingerprint density at radius 2 is 1.02 bits per heavy atom. The molecule has 0 aliphatic carbocycles. The number of furan rings is 1. The van der Waals surface area contributed by atoms with Crippen LogP contribution in [0.2, 0.25) is 0 Å². The van der Waals surface area contributed by atoms with Crippen LogP contribution in [0, 0.1) is 106 Å². The summed E-state index contributed by atoms with van der Waals surface area (Å²) in [5, 5.41) is 2.44. The van der Waals surface area contributed by atoms with E-state index in [1.54, 1.807) is 53.4 Å². The normalized spacial score (nSPS) is 12.1. The number of imidazole rings is 2. The number of benzene rings is 8. The maximum atomic E-state index is 14.8. The smallest absolute Gasteiger partial charge is 0.488 e. The summed E-state index contributed by atoms with van der Waals surface area (Å²) in [5.41, 5.74) is 14.5. The van der Waals surface area contributed by atoms with Gasteiger partial charge in [-0.1, -0.05) is 256 Å². The number of ether oxygens (including phenoxy) is 1. The zero-order chi connectivity index (χ0) is 102. The predicted molar refractivity (Wildman–Crippen MR) is 549 cm³/mol. The third kappa shape index (κ3) is 26.8. The molecule has 29 heteroatoms. The number of rotatable bonds is 25. The Labute approximate surface area is 919 Å². The summed E-state index contributed by atoms with van der Waals surface area (Å²) in [6, 6.07) is 89.7. The molecule has 0 radical (unpaired) electrons. The van der Waals surface area contributed by atoms with Gasteiger partial charge in [-0.05, 0) is 134 Å². The van der Waals surface area contributed by atoms with Crippen molar-refractivity contribution in [3.8, 4) is 102 Å². The van der Waals surface area contributed by atoms with Gasteiger partial charge in [-0.25, -0.2) is 22.5 Å². The van der Waals surface area contributed by atoms with Gasteiger partial charge in [0.05, 0.1) is 40.2 Å². The molecule has 0 bridgehead atoms. The van der Waals surface area contributed by atoms with Crippen LogP contribution in [0.5, 0.6) is 11.8 Å². The van der Waals surface area contributed by atoms with E-state index in [0.29, 0.717) is 87.7 Å². The van der Waals surface area contributed by atoms with Crippen molar-refractivity contribution in [2.24, 2.45) is 17.9 Å². The summed E-state index contributed by atoms with van der Waals surface area (Å²) in [4.78, 5) is 50.4. The van der Waals surface area contributed by atoms with Crippen LogP contribution in [0.25, 0.3) is 112 Å². The monoisotopic (exact) mass is 2730 g/mol. The molecular formula is C119H105F8N13O3Pt4S. The third-order valence-electron chi connectivity index (χ3n) is 24.9. The van der Waals surface area contributed by atoms with Gasteiger partial charge in [0.2, 0.25) is 11.8 Å². The van der Waals surface area contributed by atoms with Crippen molar-refractivity contribution < 1.29 is 133 Å². The van der Waals surface area contributed by atoms with E-state index in [-0.39, 0.29) is 129 Å². The molecule has 0 amide bonds. The zero-order valence-electron chi connectivity index (χ0n) is 84.1. The summed E-state index contributed by atoms with van der Waals surface area (Å²) in [6.07, 6.45) is 9.64. The Bertz CT molecular complexity index is 7800. The van der Waals surface area contributed by atoms with E-state index in [1.165, 1.54) is 22.5 Å². The first-order chi connectivity index (χ1) is 68.9. The number of anilines is 3. The number of aromatic nitrogens is 12. The summed E-state index contributed by atoms with van der Waals surface area (Å²) < 4.78 is 132. The van der Waals surface area contributed by atoms with Gasteiger partial charge in [0.1, 0.15) is 53.2 Å². The maximum absolute atomic E-state index is 14.8. The van der Waals surface area contributed by atoms with Gasteiger partial charge in [-0.3, -0.25) is 57.3 Å². The number of thiazole rings is 1. The van der Waals surface area contributed by atoms with Crippen molar-refractivity contribution in [3.63, 3.8) is 0 Å². The SMILES string of the molecule is CC(C)(C)Cc1sc(-c2[c-]cc(F)cc2F)nc1C(C)(C)c1cccc(-c2[c-]cc(F)cc2F)n1.CCC(C)c1c[c-]c(-c2nc(C(C)(C)c3cccc(-c4[c-]cccc4)n3)co2)c2c1oc1ccccc12.CCC(C)c1cc[c-]c(-c2cccc(Oc3c[nH]c(-c4[c-]ccc(C(C)CC)c4)n3)n2)c1.Cn1cc(N(c2ccccc2)c2cc(CC(C)(C)C)cc(-c3[c-]cc(F)nc3F)n2)nc1-c1[c-]cc(F)nc1F.[Pt+2].[Pt+2].[Pt+2].[Pt+2]. The van der Waals surface area contributed by atoms with Crippen molar-refractivity contribution in [2.75, 3.05) is 4.90 Å². The van der Waals surface area contributed by atoms with Gasteiger partial charge < -0.3 is 33.1 Å². The molecule has 11 heterocycles. The molecule has 19 aromatic rings. The van der Waals surface area contributed by atoms with Crippen molar-refractivity contribution in [2.45, 2.75) is 171 Å². The van der Waals surface area contributed by atoms with E-state index in [2.05, 4.69) is 211 Å². The largest absolute Gasteiger partial charge is 2.00 e. The van der Waals surface area contributed by atoms with Gasteiger partial charge in [-0.2, -0.15) is 11.3 Å². The minimum Gasteiger partial charge on any atom is -0.488 e. The molecule has 11 aromatic heterocycles. The Balaban J connectivity index is 0.000000174. The third-order valence-corrected chi connectivity index (χ3v) is 25.9. The quantitative estimate of drug-likeness (QED) is 0.0323. The number of hydrogen-bond acceptors (Lipinski definition) is 15. The molecule has 766 valence electrons. The van der Waals surface area contributed by atoms with E-state index in [4.69, 9.17) is 33.5 Å². The molecule has 0 saturated heterocycles. The Morgan fingerprint density at radius 3 is 1.65 bits per heavy atom. The number of halogens is 8. The van der Waals surface area contributed by atoms with Crippen molar-refractivity contribution in [1.29, 1.82) is 0 Å². The van der Waals surface area contributed by atoms with E-state index in [9.17, 15) is 35.1 Å². The van der Waals surface area contributed by atoms with Gasteiger partial charge >= 0.3 is 84.3 Å². The number of oxazole rings is 1. The molecule has 0 spiro atoms. The first-order valence-electron chi connectivity index (χ1n) is 47.5. The average Bonchev–Trinajstić information content (AvgIpc) is 1.59. The van der Waals surface area contributed by atoms with Crippen LogP contribution in [0.15, 0.2) is 252 Å². The Morgan fingerprint density at radius 1 is 0.453 bits per heavy atom. The molecular weight excluding hydrogens is 2620 g/mol. The number of aryl methyl sites for hydroxylation is 1. The first kappa shape index (κ1) is 114. The first-order valence-corrected chi connectivity index (χ1v) is 48.3. The molecule has 16 nitrogen and oxygen atoms in total. The van der Waals surface area contributed by atoms with Crippen LogP contribution in [-0.4, -0.2) is 59.4 Å². The number of nitrogens with one attached hydrogen (secondary N) is 1. The van der Waals surface area contributed by atoms with Gasteiger partial charge in [0.15, 0.2) is 0 Å². The molecule has 148 heavy (non-hydrogen) atoms. The second-order valence-corrected chi connectivity index (χ2v) is 40.0. The summed E-state index contributed by atoms with van der Waals surface area (Å²) >= 11 is 1.35. The van der Waals surface area contributed by atoms with Gasteiger partial charge in [0, 0.05) is 68.9 Å². The van der Waals surface area contributed by atoms with E-state index >= 15 is 0 Å². The zero-order valence-corrected chi connectivity index (χ0v) is 94.1. The molecule has 0 aliphatic heterocycles. The van der Waals surface area contributed by atoms with Crippen LogP contribution < -0.4 is 9.64 Å². The molecule has 0 aliphatic rings. The van der Waals surface area contributed by atoms with Crippen molar-refractivity contribution in [1.82, 2.24) is 59.4 Å². The molecule has 0 fully saturated rings. The fourth-order valence-corrected chi connectivity index (χ4v) is 18.1. The van der Waals surface area contributed by atoms with Crippen molar-refractivity contribution >= 4 is 50.6 Å². The number of aromatic amines is 1. The van der Waals surface area contributed by atoms with Crippen molar-refractivity contribution in [3.05, 3.63) is 389 Å². The molecule has 3 unspecified atom stereocenters. The molecule has 8 aromatic carbocycles. The van der Waals surface area contributed by atoms with Gasteiger partial charge in [-0.15, -0.1) is 155 Å². The predicted octanol–water partition coefficient (Wildman–Crippen LogP) is 31.4. The van der Waals surface area contributed by atoms with E-state index in [0.717, 1.165) is 144 Å². The van der Waals surface area contributed by atoms with Crippen LogP contribution in [-0.2, 0) is 115 Å². The fraction of sp³-hybridized carbons (Fsp3) is 0.244. The van der Waals surface area contributed by atoms with Crippen LogP contribution in [0.4, 0.5) is 52.4 Å². The summed E-state index contributed by atoms with van der Waals surface area (Å²) in [7, 11) is 1.66. The number of para-hydroxylation sites is 2. The van der Waals surface area contributed by atoms with Crippen LogP contribution in [0.1, 0.15) is 198 Å². The van der Waals surface area contributed by atoms with E-state index in [1.807, 2.05) is 153 Å². The molecule has 3 atom stereocenters. The number of H-pyrrole nitrogens is 1. The molecule has 1 N–H and O–H groups in total. The number of nitrogens with zero attached hydrogens (tertiary/aromatic N) is 12. The summed E-state index contributed by atoms with van der Waals surface area (Å²) in [5.74, 6) is -2.47. The second kappa shape index (κ2) is 49.3. The second-order valence-electron chi connectivity index (χ2n) is 38.9. The van der Waals surface area contributed by atoms with Crippen LogP contribution >= 0.6 is 11.3 Å². The van der Waals surface area contributed by atoms with Gasteiger partial charge in [0.25, 0.3) is 0 Å².